The van der Waals surface area contributed by atoms with E-state index in [1.165, 1.54) is 0 Å². The molecule has 0 aliphatic rings. The molecule has 0 spiro atoms. The first-order valence-electron chi connectivity index (χ1n) is 5.34. The molecule has 0 bridgehead atoms. The highest BCUT2D eigenvalue weighted by Gasteiger charge is 2.08. The van der Waals surface area contributed by atoms with Crippen LogP contribution >= 0.6 is 23.2 Å². The zero-order chi connectivity index (χ0) is 14.8. The summed E-state index contributed by atoms with van der Waals surface area (Å²) in [5.74, 6) is 0. The Labute approximate surface area is 122 Å². The minimum Gasteiger partial charge on any atom is -0.347 e. The Bertz CT molecular complexity index is 520. The summed E-state index contributed by atoms with van der Waals surface area (Å²) in [4.78, 5) is 5.61. The number of aliphatic imine (C=N–C) groups is 1. The quantitative estimate of drug-likeness (QED) is 0.262. The van der Waals surface area contributed by atoms with Crippen LogP contribution in [-0.4, -0.2) is 23.3 Å². The van der Waals surface area contributed by atoms with Crippen LogP contribution in [-0.2, 0) is 0 Å². The Hall–Kier alpha value is -2.00. The lowest BCUT2D eigenvalue weighted by molar-refractivity contribution is 0.473. The third-order valence-electron chi connectivity index (χ3n) is 2.09. The van der Waals surface area contributed by atoms with Crippen LogP contribution in [0.25, 0.3) is 0 Å². The van der Waals surface area contributed by atoms with Crippen molar-refractivity contribution in [1.29, 1.82) is 15.8 Å². The molecule has 0 aromatic carbocycles. The second-order valence-electron chi connectivity index (χ2n) is 3.15. The Morgan fingerprint density at radius 3 is 2.00 bits per heavy atom. The van der Waals surface area contributed by atoms with Crippen molar-refractivity contribution in [3.05, 3.63) is 22.4 Å². The number of amidine groups is 1. The van der Waals surface area contributed by atoms with E-state index in [0.717, 1.165) is 6.08 Å². The second kappa shape index (κ2) is 9.00. The Balaban J connectivity index is 5.52. The van der Waals surface area contributed by atoms with Gasteiger partial charge < -0.3 is 4.90 Å². The molecule has 7 heteroatoms. The van der Waals surface area contributed by atoms with Crippen molar-refractivity contribution in [2.24, 2.45) is 4.99 Å². The molecule has 0 N–H and O–H groups in total. The van der Waals surface area contributed by atoms with E-state index >= 15 is 0 Å². The van der Waals surface area contributed by atoms with Gasteiger partial charge in [0.15, 0.2) is 5.29 Å². The van der Waals surface area contributed by atoms with E-state index in [2.05, 4.69) is 4.99 Å². The van der Waals surface area contributed by atoms with E-state index in [4.69, 9.17) is 39.0 Å². The largest absolute Gasteiger partial charge is 0.347 e. The second-order valence-corrected chi connectivity index (χ2v) is 3.85. The number of hydrogen-bond acceptors (Lipinski definition) is 4. The maximum atomic E-state index is 8.92. The third-order valence-corrected chi connectivity index (χ3v) is 2.70. The average Bonchev–Trinajstić information content (AvgIpc) is 2.41. The average molecular weight is 296 g/mol. The fourth-order valence-corrected chi connectivity index (χ4v) is 1.61. The SMILES string of the molecule is CCN(CC)/C(Cl)=N/C(Cl)=C(\C#N)C=C(C#N)C#N. The van der Waals surface area contributed by atoms with Crippen molar-refractivity contribution < 1.29 is 0 Å². The maximum Gasteiger partial charge on any atom is 0.199 e. The highest BCUT2D eigenvalue weighted by Crippen LogP contribution is 2.15. The first kappa shape index (κ1) is 17.0. The van der Waals surface area contributed by atoms with Crippen molar-refractivity contribution >= 4 is 28.5 Å². The molecule has 0 aliphatic heterocycles. The van der Waals surface area contributed by atoms with Gasteiger partial charge in [-0.05, 0) is 31.5 Å². The summed E-state index contributed by atoms with van der Waals surface area (Å²) in [6.07, 6.45) is 1.07. The van der Waals surface area contributed by atoms with Gasteiger partial charge in [0.05, 0.1) is 5.57 Å². The van der Waals surface area contributed by atoms with Crippen LogP contribution in [0.4, 0.5) is 0 Å². The van der Waals surface area contributed by atoms with E-state index < -0.39 is 0 Å². The Kier molecular flexibility index (Phi) is 8.05. The molecule has 0 atom stereocenters. The van der Waals surface area contributed by atoms with E-state index in [0.29, 0.717) is 13.1 Å². The van der Waals surface area contributed by atoms with Crippen molar-refractivity contribution in [1.82, 2.24) is 4.90 Å². The predicted octanol–water partition coefficient (Wildman–Crippen LogP) is 2.87. The molecular formula is C12H11Cl2N5. The summed E-state index contributed by atoms with van der Waals surface area (Å²) >= 11 is 11.8. The fraction of sp³-hybridized carbons (Fsp3) is 0.333. The minimum atomic E-state index is -0.233. The van der Waals surface area contributed by atoms with Gasteiger partial charge in [0.25, 0.3) is 0 Å². The van der Waals surface area contributed by atoms with Crippen LogP contribution in [0.1, 0.15) is 13.8 Å². The molecule has 0 radical (unpaired) electrons. The molecule has 0 rings (SSSR count). The molecule has 0 aromatic rings. The molecule has 19 heavy (non-hydrogen) atoms. The molecule has 0 amide bonds. The first-order chi connectivity index (χ1) is 9.03. The van der Waals surface area contributed by atoms with Gasteiger partial charge >= 0.3 is 0 Å². The molecule has 0 aliphatic carbocycles. The zero-order valence-electron chi connectivity index (χ0n) is 10.5. The third kappa shape index (κ3) is 5.44. The van der Waals surface area contributed by atoms with Gasteiger partial charge in [-0.3, -0.25) is 0 Å². The first-order valence-corrected chi connectivity index (χ1v) is 6.10. The van der Waals surface area contributed by atoms with E-state index in [1.807, 2.05) is 13.8 Å². The number of nitrogens with zero attached hydrogens (tertiary/aromatic N) is 5. The normalized spacial score (nSPS) is 11.5. The smallest absolute Gasteiger partial charge is 0.199 e. The topological polar surface area (TPSA) is 87.0 Å². The van der Waals surface area contributed by atoms with Gasteiger partial charge in [0, 0.05) is 13.1 Å². The molecule has 0 saturated heterocycles. The van der Waals surface area contributed by atoms with Crippen LogP contribution in [0.3, 0.4) is 0 Å². The van der Waals surface area contributed by atoms with Crippen LogP contribution in [0.15, 0.2) is 27.4 Å². The van der Waals surface area contributed by atoms with Crippen molar-refractivity contribution in [3.8, 4) is 18.2 Å². The van der Waals surface area contributed by atoms with Crippen molar-refractivity contribution in [2.45, 2.75) is 13.8 Å². The highest BCUT2D eigenvalue weighted by molar-refractivity contribution is 6.65. The summed E-state index contributed by atoms with van der Waals surface area (Å²) in [5, 5.41) is 26.1. The van der Waals surface area contributed by atoms with Crippen molar-refractivity contribution in [2.75, 3.05) is 13.1 Å². The Morgan fingerprint density at radius 1 is 1.11 bits per heavy atom. The summed E-state index contributed by atoms with van der Waals surface area (Å²) in [7, 11) is 0. The van der Waals surface area contributed by atoms with Gasteiger partial charge in [-0.2, -0.15) is 15.8 Å². The minimum absolute atomic E-state index is 0.0925. The van der Waals surface area contributed by atoms with Crippen molar-refractivity contribution in [3.63, 3.8) is 0 Å². The molecule has 98 valence electrons. The summed E-state index contributed by atoms with van der Waals surface area (Å²) in [6.45, 7) is 5.08. The predicted molar refractivity (Wildman–Crippen MR) is 74.0 cm³/mol. The number of halogens is 2. The summed E-state index contributed by atoms with van der Waals surface area (Å²) < 4.78 is 0. The monoisotopic (exact) mass is 295 g/mol. The lowest BCUT2D eigenvalue weighted by Crippen LogP contribution is -2.26. The van der Waals surface area contributed by atoms with Crippen LogP contribution in [0.2, 0.25) is 0 Å². The van der Waals surface area contributed by atoms with Gasteiger partial charge in [-0.25, -0.2) is 4.99 Å². The summed E-state index contributed by atoms with van der Waals surface area (Å²) in [6, 6.07) is 5.03. The number of rotatable bonds is 4. The maximum absolute atomic E-state index is 8.92. The number of hydrogen-bond donors (Lipinski definition) is 0. The molecule has 0 aromatic heterocycles. The van der Waals surface area contributed by atoms with Gasteiger partial charge in [0.2, 0.25) is 0 Å². The van der Waals surface area contributed by atoms with Gasteiger partial charge in [-0.1, -0.05) is 11.6 Å². The molecule has 0 saturated carbocycles. The fourth-order valence-electron chi connectivity index (χ4n) is 1.07. The van der Waals surface area contributed by atoms with E-state index in [1.54, 1.807) is 23.1 Å². The van der Waals surface area contributed by atoms with E-state index in [9.17, 15) is 0 Å². The molecule has 0 fully saturated rings. The molecule has 0 heterocycles. The summed E-state index contributed by atoms with van der Waals surface area (Å²) in [5.41, 5.74) is -0.325. The van der Waals surface area contributed by atoms with Gasteiger partial charge in [-0.15, -0.1) is 0 Å². The zero-order valence-corrected chi connectivity index (χ0v) is 12.0. The standard InChI is InChI=1S/C12H11Cl2N5/c1-3-19(4-2)12(14)18-11(13)10(8-17)5-9(6-15)7-16/h5H,3-4H2,1-2H3/b11-10-,18-12+. The van der Waals surface area contributed by atoms with Crippen LogP contribution in [0, 0.1) is 34.0 Å². The van der Waals surface area contributed by atoms with E-state index in [-0.39, 0.29) is 21.6 Å². The van der Waals surface area contributed by atoms with Crippen LogP contribution < -0.4 is 0 Å². The number of nitriles is 3. The lowest BCUT2D eigenvalue weighted by Gasteiger charge is -2.17. The molecule has 5 nitrogen and oxygen atoms in total. The van der Waals surface area contributed by atoms with Gasteiger partial charge in [0.1, 0.15) is 28.9 Å². The Morgan fingerprint density at radius 2 is 1.63 bits per heavy atom. The number of allylic oxidation sites excluding steroid dienone is 3. The molecular weight excluding hydrogens is 285 g/mol. The van der Waals surface area contributed by atoms with Crippen LogP contribution in [0.5, 0.6) is 0 Å². The molecule has 0 unspecified atom stereocenters. The lowest BCUT2D eigenvalue weighted by atomic mass is 10.2. The highest BCUT2D eigenvalue weighted by atomic mass is 35.5.